The number of nitro groups is 1. The number of hydrogen-bond donors (Lipinski definition) is 1. The van der Waals surface area contributed by atoms with Crippen molar-refractivity contribution in [2.24, 2.45) is 0 Å². The maximum absolute atomic E-state index is 12.1. The second kappa shape index (κ2) is 9.10. The number of fused-ring (bicyclic) bond motifs is 1. The Hall–Kier alpha value is -1.74. The van der Waals surface area contributed by atoms with Gasteiger partial charge in [-0.2, -0.15) is 0 Å². The molecule has 0 unspecified atom stereocenters. The lowest BCUT2D eigenvalue weighted by Crippen LogP contribution is -2.37. The molecule has 1 N–H and O–H groups in total. The van der Waals surface area contributed by atoms with E-state index in [-0.39, 0.29) is 18.1 Å². The predicted molar refractivity (Wildman–Crippen MR) is 102 cm³/mol. The number of rotatable bonds is 6. The lowest BCUT2D eigenvalue weighted by Gasteiger charge is -2.26. The summed E-state index contributed by atoms with van der Waals surface area (Å²) in [6, 6.07) is 7.26. The molecule has 136 valence electrons. The van der Waals surface area contributed by atoms with Crippen LogP contribution in [-0.2, 0) is 4.74 Å². The van der Waals surface area contributed by atoms with Crippen LogP contribution in [0.25, 0.3) is 10.1 Å². The SMILES string of the molecule is Cl.O=c1sc2ccccc2c(NCCCN2CCOCC2)c1[N+](=O)[O-]. The first-order valence-electron chi connectivity index (χ1n) is 7.91. The van der Waals surface area contributed by atoms with E-state index < -0.39 is 9.67 Å². The van der Waals surface area contributed by atoms with Crippen LogP contribution in [0.3, 0.4) is 0 Å². The third-order valence-electron chi connectivity index (χ3n) is 4.03. The maximum Gasteiger partial charge on any atom is 0.350 e. The number of benzene rings is 1. The molecule has 9 heteroatoms. The Labute approximate surface area is 155 Å². The topological polar surface area (TPSA) is 84.7 Å². The Balaban J connectivity index is 0.00000225. The van der Waals surface area contributed by atoms with Crippen LogP contribution in [0.1, 0.15) is 6.42 Å². The zero-order valence-corrected chi connectivity index (χ0v) is 15.2. The molecule has 1 saturated heterocycles. The van der Waals surface area contributed by atoms with Gasteiger partial charge in [0.05, 0.1) is 18.1 Å². The van der Waals surface area contributed by atoms with Crippen LogP contribution in [0, 0.1) is 10.1 Å². The van der Waals surface area contributed by atoms with E-state index in [0.717, 1.165) is 60.7 Å². The zero-order valence-electron chi connectivity index (χ0n) is 13.6. The molecule has 2 heterocycles. The van der Waals surface area contributed by atoms with Gasteiger partial charge in [0.2, 0.25) is 0 Å². The predicted octanol–water partition coefficient (Wildman–Crippen LogP) is 2.73. The summed E-state index contributed by atoms with van der Waals surface area (Å²) in [5, 5.41) is 15.2. The largest absolute Gasteiger partial charge is 0.379 e. The number of nitrogens with zero attached hydrogens (tertiary/aromatic N) is 2. The number of morpholine rings is 1. The highest BCUT2D eigenvalue weighted by Crippen LogP contribution is 2.31. The average Bonchev–Trinajstić information content (AvgIpc) is 2.58. The molecule has 0 saturated carbocycles. The van der Waals surface area contributed by atoms with Crippen molar-refractivity contribution in [3.63, 3.8) is 0 Å². The van der Waals surface area contributed by atoms with Crippen molar-refractivity contribution in [3.8, 4) is 0 Å². The van der Waals surface area contributed by atoms with E-state index in [1.807, 2.05) is 24.3 Å². The zero-order chi connectivity index (χ0) is 16.9. The first kappa shape index (κ1) is 19.6. The Morgan fingerprint density at radius 3 is 2.72 bits per heavy atom. The fourth-order valence-corrected chi connectivity index (χ4v) is 3.73. The number of anilines is 1. The highest BCUT2D eigenvalue weighted by molar-refractivity contribution is 7.16. The van der Waals surface area contributed by atoms with Gasteiger partial charge in [0.1, 0.15) is 5.69 Å². The summed E-state index contributed by atoms with van der Waals surface area (Å²) in [6.07, 6.45) is 0.845. The van der Waals surface area contributed by atoms with Gasteiger partial charge in [-0.05, 0) is 19.0 Å². The third kappa shape index (κ3) is 4.66. The quantitative estimate of drug-likeness (QED) is 0.467. The highest BCUT2D eigenvalue weighted by atomic mass is 35.5. The van der Waals surface area contributed by atoms with E-state index in [1.165, 1.54) is 0 Å². The van der Waals surface area contributed by atoms with Gasteiger partial charge in [0.25, 0.3) is 0 Å². The van der Waals surface area contributed by atoms with E-state index in [9.17, 15) is 14.9 Å². The van der Waals surface area contributed by atoms with E-state index in [4.69, 9.17) is 4.74 Å². The summed E-state index contributed by atoms with van der Waals surface area (Å²) in [4.78, 5) is 25.1. The van der Waals surface area contributed by atoms with Crippen LogP contribution in [0.5, 0.6) is 0 Å². The summed E-state index contributed by atoms with van der Waals surface area (Å²) in [5.74, 6) is 0. The molecule has 0 radical (unpaired) electrons. The van der Waals surface area contributed by atoms with E-state index in [2.05, 4.69) is 10.2 Å². The number of halogens is 1. The summed E-state index contributed by atoms with van der Waals surface area (Å²) in [5.41, 5.74) is -0.0219. The fourth-order valence-electron chi connectivity index (χ4n) is 2.83. The lowest BCUT2D eigenvalue weighted by molar-refractivity contribution is -0.384. The third-order valence-corrected chi connectivity index (χ3v) is 4.98. The molecule has 0 bridgehead atoms. The summed E-state index contributed by atoms with van der Waals surface area (Å²) in [6.45, 7) is 4.83. The van der Waals surface area contributed by atoms with Crippen LogP contribution in [0.15, 0.2) is 29.1 Å². The first-order chi connectivity index (χ1) is 11.7. The van der Waals surface area contributed by atoms with E-state index in [0.29, 0.717) is 12.2 Å². The second-order valence-corrected chi connectivity index (χ2v) is 6.62. The smallest absolute Gasteiger partial charge is 0.350 e. The molecule has 1 aromatic heterocycles. The molecular weight excluding hydrogens is 366 g/mol. The molecule has 1 aliphatic heterocycles. The molecule has 3 rings (SSSR count). The summed E-state index contributed by atoms with van der Waals surface area (Å²) in [7, 11) is 0. The molecule has 2 aromatic rings. The van der Waals surface area contributed by atoms with Crippen LogP contribution >= 0.6 is 23.7 Å². The molecule has 7 nitrogen and oxygen atoms in total. The number of hydrogen-bond acceptors (Lipinski definition) is 7. The molecule has 1 aromatic carbocycles. The van der Waals surface area contributed by atoms with E-state index in [1.54, 1.807) is 0 Å². The van der Waals surface area contributed by atoms with Crippen molar-refractivity contribution >= 4 is 45.2 Å². The number of nitrogens with one attached hydrogen (secondary N) is 1. The normalized spacial score (nSPS) is 14.9. The van der Waals surface area contributed by atoms with Crippen molar-refractivity contribution in [2.45, 2.75) is 6.42 Å². The Bertz CT molecular complexity index is 793. The van der Waals surface area contributed by atoms with Gasteiger partial charge in [-0.1, -0.05) is 29.5 Å². The molecule has 0 spiro atoms. The molecule has 1 fully saturated rings. The molecule has 0 atom stereocenters. The summed E-state index contributed by atoms with van der Waals surface area (Å²) < 4.78 is 5.55. The molecular formula is C16H20ClN3O4S. The van der Waals surface area contributed by atoms with Crippen molar-refractivity contribution < 1.29 is 9.66 Å². The summed E-state index contributed by atoms with van der Waals surface area (Å²) >= 11 is 0.913. The van der Waals surface area contributed by atoms with Gasteiger partial charge < -0.3 is 10.1 Å². The Morgan fingerprint density at radius 1 is 1.28 bits per heavy atom. The van der Waals surface area contributed by atoms with Gasteiger partial charge in [-0.15, -0.1) is 12.4 Å². The molecule has 25 heavy (non-hydrogen) atoms. The minimum atomic E-state index is -0.588. The van der Waals surface area contributed by atoms with Crippen molar-refractivity contribution in [2.75, 3.05) is 44.7 Å². The fraction of sp³-hybridized carbons (Fsp3) is 0.438. The number of ether oxygens (including phenoxy) is 1. The molecule has 1 aliphatic rings. The van der Waals surface area contributed by atoms with Gasteiger partial charge in [-0.25, -0.2) is 0 Å². The van der Waals surface area contributed by atoms with Crippen LogP contribution < -0.4 is 10.1 Å². The minimum absolute atomic E-state index is 0. The monoisotopic (exact) mass is 385 g/mol. The molecule has 0 amide bonds. The van der Waals surface area contributed by atoms with Crippen molar-refractivity contribution in [3.05, 3.63) is 43.9 Å². The average molecular weight is 386 g/mol. The van der Waals surface area contributed by atoms with E-state index >= 15 is 0 Å². The second-order valence-electron chi connectivity index (χ2n) is 5.60. The van der Waals surface area contributed by atoms with Crippen molar-refractivity contribution in [1.29, 1.82) is 0 Å². The van der Waals surface area contributed by atoms with Crippen LogP contribution in [0.2, 0.25) is 0 Å². The molecule has 0 aliphatic carbocycles. The Kier molecular flexibility index (Phi) is 7.12. The van der Waals surface area contributed by atoms with Crippen LogP contribution in [0.4, 0.5) is 11.4 Å². The lowest BCUT2D eigenvalue weighted by atomic mass is 10.2. The first-order valence-corrected chi connectivity index (χ1v) is 8.72. The van der Waals surface area contributed by atoms with Crippen LogP contribution in [-0.4, -0.2) is 49.2 Å². The Morgan fingerprint density at radius 2 is 2.00 bits per heavy atom. The highest BCUT2D eigenvalue weighted by Gasteiger charge is 2.22. The van der Waals surface area contributed by atoms with Gasteiger partial charge in [0, 0.05) is 29.7 Å². The maximum atomic E-state index is 12.1. The standard InChI is InChI=1S/C16H19N3O4S.ClH/c20-16-15(19(21)22)14(12-4-1-2-5-13(12)24-16)17-6-3-7-18-8-10-23-11-9-18;/h1-2,4-5,17H,3,6-11H2;1H. The van der Waals surface area contributed by atoms with Gasteiger partial charge in [-0.3, -0.25) is 19.8 Å². The van der Waals surface area contributed by atoms with Crippen molar-refractivity contribution in [1.82, 2.24) is 4.90 Å². The van der Waals surface area contributed by atoms with Gasteiger partial charge >= 0.3 is 10.4 Å². The minimum Gasteiger partial charge on any atom is -0.379 e. The van der Waals surface area contributed by atoms with Gasteiger partial charge in [0.15, 0.2) is 0 Å².